The molecule has 326 valence electrons. The van der Waals surface area contributed by atoms with Gasteiger partial charge in [0, 0.05) is 19.3 Å². The zero-order chi connectivity index (χ0) is 40.5. The molecule has 0 aromatic carbocycles. The maximum absolute atomic E-state index is 12.5. The summed E-state index contributed by atoms with van der Waals surface area (Å²) in [7, 11) is 0. The molecule has 1 atom stereocenters. The minimum atomic E-state index is -0.759. The predicted octanol–water partition coefficient (Wildman–Crippen LogP) is 15.4. The fourth-order valence-corrected chi connectivity index (χ4v) is 7.28. The van der Waals surface area contributed by atoms with Crippen LogP contribution < -0.4 is 0 Å². The van der Waals surface area contributed by atoms with Gasteiger partial charge in [0.2, 0.25) is 0 Å². The maximum atomic E-state index is 12.5. The Kier molecular flexibility index (Phi) is 40.8. The van der Waals surface area contributed by atoms with Gasteiger partial charge in [-0.15, -0.1) is 0 Å². The standard InChI is InChI=1S/C49H94O6/c1-6-7-8-27-36-41-49(52)55-46(43-54-48(51)40-35-31-26-22-18-14-13-16-20-24-29-33-38-45(4)5)42-53-47(50)39-34-30-25-21-17-12-10-9-11-15-19-23-28-32-37-44(2)3/h44-46H,6-43H2,1-5H3/t46-/m1/s1. The van der Waals surface area contributed by atoms with E-state index >= 15 is 0 Å². The number of hydrogen-bond acceptors (Lipinski definition) is 6. The van der Waals surface area contributed by atoms with Crippen LogP contribution in [-0.4, -0.2) is 37.2 Å². The van der Waals surface area contributed by atoms with Crippen molar-refractivity contribution in [3.05, 3.63) is 0 Å². The van der Waals surface area contributed by atoms with E-state index in [1.165, 1.54) is 148 Å². The highest BCUT2D eigenvalue weighted by molar-refractivity contribution is 5.71. The van der Waals surface area contributed by atoms with Crippen molar-refractivity contribution in [1.82, 2.24) is 0 Å². The normalized spacial score (nSPS) is 12.1. The number of hydrogen-bond donors (Lipinski definition) is 0. The van der Waals surface area contributed by atoms with Gasteiger partial charge in [-0.3, -0.25) is 14.4 Å². The van der Waals surface area contributed by atoms with Crippen LogP contribution in [-0.2, 0) is 28.6 Å². The van der Waals surface area contributed by atoms with Crippen molar-refractivity contribution in [3.63, 3.8) is 0 Å². The largest absolute Gasteiger partial charge is 0.462 e. The minimum absolute atomic E-state index is 0.0655. The van der Waals surface area contributed by atoms with Gasteiger partial charge in [-0.2, -0.15) is 0 Å². The highest BCUT2D eigenvalue weighted by atomic mass is 16.6. The van der Waals surface area contributed by atoms with E-state index in [1.54, 1.807) is 0 Å². The summed E-state index contributed by atoms with van der Waals surface area (Å²) in [5, 5.41) is 0. The summed E-state index contributed by atoms with van der Waals surface area (Å²) in [6, 6.07) is 0. The molecule has 55 heavy (non-hydrogen) atoms. The van der Waals surface area contributed by atoms with E-state index in [0.717, 1.165) is 76.0 Å². The minimum Gasteiger partial charge on any atom is -0.462 e. The molecule has 0 aromatic rings. The van der Waals surface area contributed by atoms with Crippen molar-refractivity contribution in [2.75, 3.05) is 13.2 Å². The molecule has 0 aliphatic rings. The lowest BCUT2D eigenvalue weighted by Crippen LogP contribution is -2.30. The molecule has 6 nitrogen and oxygen atoms in total. The fourth-order valence-electron chi connectivity index (χ4n) is 7.28. The zero-order valence-electron chi connectivity index (χ0n) is 37.6. The third kappa shape index (κ3) is 43.4. The van der Waals surface area contributed by atoms with E-state index in [-0.39, 0.29) is 31.1 Å². The smallest absolute Gasteiger partial charge is 0.306 e. The second-order valence-electron chi connectivity index (χ2n) is 17.7. The average molecular weight is 779 g/mol. The lowest BCUT2D eigenvalue weighted by atomic mass is 10.0. The van der Waals surface area contributed by atoms with E-state index in [9.17, 15) is 14.4 Å². The van der Waals surface area contributed by atoms with Crippen molar-refractivity contribution in [2.24, 2.45) is 11.8 Å². The molecule has 0 aliphatic heterocycles. The molecular weight excluding hydrogens is 685 g/mol. The van der Waals surface area contributed by atoms with Crippen LogP contribution in [0.5, 0.6) is 0 Å². The second-order valence-corrected chi connectivity index (χ2v) is 17.7. The molecule has 0 bridgehead atoms. The second kappa shape index (κ2) is 42.0. The first-order valence-electron chi connectivity index (χ1n) is 24.2. The Morgan fingerprint density at radius 3 is 0.891 bits per heavy atom. The van der Waals surface area contributed by atoms with Crippen molar-refractivity contribution >= 4 is 17.9 Å². The average Bonchev–Trinajstić information content (AvgIpc) is 3.15. The molecule has 0 heterocycles. The lowest BCUT2D eigenvalue weighted by molar-refractivity contribution is -0.167. The molecule has 0 saturated carbocycles. The van der Waals surface area contributed by atoms with E-state index in [0.29, 0.717) is 19.3 Å². The monoisotopic (exact) mass is 779 g/mol. The van der Waals surface area contributed by atoms with E-state index in [1.807, 2.05) is 0 Å². The van der Waals surface area contributed by atoms with Crippen molar-refractivity contribution in [3.8, 4) is 0 Å². The number of unbranched alkanes of at least 4 members (excludes halogenated alkanes) is 28. The van der Waals surface area contributed by atoms with Crippen molar-refractivity contribution < 1.29 is 28.6 Å². The highest BCUT2D eigenvalue weighted by Crippen LogP contribution is 2.17. The maximum Gasteiger partial charge on any atom is 0.306 e. The van der Waals surface area contributed by atoms with Crippen LogP contribution in [0.3, 0.4) is 0 Å². The van der Waals surface area contributed by atoms with Crippen LogP contribution in [0, 0.1) is 11.8 Å². The van der Waals surface area contributed by atoms with Crippen molar-refractivity contribution in [1.29, 1.82) is 0 Å². The molecular formula is C49H94O6. The molecule has 0 fully saturated rings. The summed E-state index contributed by atoms with van der Waals surface area (Å²) in [4.78, 5) is 37.5. The zero-order valence-corrected chi connectivity index (χ0v) is 37.6. The summed E-state index contributed by atoms with van der Waals surface area (Å²) in [5.74, 6) is 0.812. The Hall–Kier alpha value is -1.59. The molecule has 0 aliphatic carbocycles. The molecule has 0 aromatic heterocycles. The summed E-state index contributed by atoms with van der Waals surface area (Å²) < 4.78 is 16.6. The van der Waals surface area contributed by atoms with Crippen LogP contribution in [0.4, 0.5) is 0 Å². The third-order valence-corrected chi connectivity index (χ3v) is 11.0. The Bertz CT molecular complexity index is 839. The molecule has 0 rings (SSSR count). The van der Waals surface area contributed by atoms with E-state index in [4.69, 9.17) is 14.2 Å². The van der Waals surface area contributed by atoms with Gasteiger partial charge in [0.25, 0.3) is 0 Å². The SMILES string of the molecule is CCCCCCCC(=O)O[C@H](COC(=O)CCCCCCCCCCCCCCCCC(C)C)COC(=O)CCCCCCCCCCCCCCC(C)C. The van der Waals surface area contributed by atoms with Crippen LogP contribution in [0.2, 0.25) is 0 Å². The van der Waals surface area contributed by atoms with Crippen LogP contribution in [0.25, 0.3) is 0 Å². The Labute approximate surface area is 342 Å². The Morgan fingerprint density at radius 2 is 0.600 bits per heavy atom. The molecule has 0 N–H and O–H groups in total. The predicted molar refractivity (Wildman–Crippen MR) is 233 cm³/mol. The van der Waals surface area contributed by atoms with Crippen LogP contribution in [0.15, 0.2) is 0 Å². The summed E-state index contributed by atoms with van der Waals surface area (Å²) in [5.41, 5.74) is 0. The lowest BCUT2D eigenvalue weighted by Gasteiger charge is -2.18. The first-order valence-corrected chi connectivity index (χ1v) is 24.2. The number of ether oxygens (including phenoxy) is 3. The summed E-state index contributed by atoms with van der Waals surface area (Å²) in [6.07, 6.45) is 41.2. The van der Waals surface area contributed by atoms with Gasteiger partial charge in [0.05, 0.1) is 0 Å². The Morgan fingerprint density at radius 1 is 0.345 bits per heavy atom. The third-order valence-electron chi connectivity index (χ3n) is 11.0. The summed E-state index contributed by atoms with van der Waals surface area (Å²) in [6.45, 7) is 11.3. The fraction of sp³-hybridized carbons (Fsp3) is 0.939. The Balaban J connectivity index is 4.09. The van der Waals surface area contributed by atoms with Crippen molar-refractivity contribution in [2.45, 2.75) is 272 Å². The van der Waals surface area contributed by atoms with E-state index in [2.05, 4.69) is 34.6 Å². The van der Waals surface area contributed by atoms with Gasteiger partial charge in [0.15, 0.2) is 6.10 Å². The van der Waals surface area contributed by atoms with Gasteiger partial charge in [0.1, 0.15) is 13.2 Å². The molecule has 0 radical (unpaired) electrons. The molecule has 0 amide bonds. The van der Waals surface area contributed by atoms with E-state index < -0.39 is 6.10 Å². The first kappa shape index (κ1) is 53.4. The highest BCUT2D eigenvalue weighted by Gasteiger charge is 2.19. The van der Waals surface area contributed by atoms with Crippen LogP contribution >= 0.6 is 0 Å². The molecule has 0 spiro atoms. The number of esters is 3. The first-order chi connectivity index (χ1) is 26.7. The van der Waals surface area contributed by atoms with Gasteiger partial charge in [-0.25, -0.2) is 0 Å². The quantitative estimate of drug-likeness (QED) is 0.0348. The van der Waals surface area contributed by atoms with Crippen LogP contribution in [0.1, 0.15) is 266 Å². The number of carbonyl (C=O) groups is 3. The molecule has 0 unspecified atom stereocenters. The molecule has 0 saturated heterocycles. The molecule has 6 heteroatoms. The van der Waals surface area contributed by atoms with Gasteiger partial charge in [-0.1, -0.05) is 227 Å². The van der Waals surface area contributed by atoms with Gasteiger partial charge in [-0.05, 0) is 31.1 Å². The van der Waals surface area contributed by atoms with Gasteiger partial charge < -0.3 is 14.2 Å². The number of rotatable bonds is 43. The summed E-state index contributed by atoms with van der Waals surface area (Å²) >= 11 is 0. The topological polar surface area (TPSA) is 78.9 Å². The van der Waals surface area contributed by atoms with Gasteiger partial charge >= 0.3 is 17.9 Å². The number of carbonyl (C=O) groups excluding carboxylic acids is 3.